The molecule has 0 saturated carbocycles. The van der Waals surface area contributed by atoms with E-state index in [1.54, 1.807) is 12.3 Å². The largest absolute Gasteiger partial charge is 0.462 e. The van der Waals surface area contributed by atoms with Gasteiger partial charge >= 0.3 is 0 Å². The van der Waals surface area contributed by atoms with Crippen LogP contribution in [0.2, 0.25) is 0 Å². The smallest absolute Gasteiger partial charge is 0.156 e. The molecule has 0 bridgehead atoms. The van der Waals surface area contributed by atoms with E-state index in [2.05, 4.69) is 0 Å². The van der Waals surface area contributed by atoms with Gasteiger partial charge in [0, 0.05) is 11.1 Å². The number of furan rings is 1. The summed E-state index contributed by atoms with van der Waals surface area (Å²) in [6.07, 6.45) is 1.60. The molecule has 0 aliphatic carbocycles. The number of benzene rings is 1. The van der Waals surface area contributed by atoms with E-state index < -0.39 is 0 Å². The van der Waals surface area contributed by atoms with Crippen molar-refractivity contribution in [2.24, 2.45) is 0 Å². The summed E-state index contributed by atoms with van der Waals surface area (Å²) >= 11 is 0. The summed E-state index contributed by atoms with van der Waals surface area (Å²) in [5.41, 5.74) is 13.1. The summed E-state index contributed by atoms with van der Waals surface area (Å²) in [4.78, 5) is 0. The van der Waals surface area contributed by atoms with Crippen LogP contribution in [-0.4, -0.2) is 0 Å². The van der Waals surface area contributed by atoms with E-state index in [0.717, 1.165) is 5.39 Å². The predicted octanol–water partition coefficient (Wildman–Crippen LogP) is 1.60. The van der Waals surface area contributed by atoms with Crippen molar-refractivity contribution in [2.45, 2.75) is 0 Å². The molecule has 0 aliphatic heterocycles. The first-order chi connectivity index (χ1) is 5.27. The molecule has 0 fully saturated rings. The van der Waals surface area contributed by atoms with E-state index >= 15 is 0 Å². The average Bonchev–Trinajstić information content (AvgIpc) is 2.34. The Morgan fingerprint density at radius 2 is 2.00 bits per heavy atom. The monoisotopic (exact) mass is 148 g/mol. The van der Waals surface area contributed by atoms with Gasteiger partial charge in [-0.15, -0.1) is 0 Å². The zero-order valence-corrected chi connectivity index (χ0v) is 5.87. The zero-order chi connectivity index (χ0) is 7.84. The van der Waals surface area contributed by atoms with Crippen LogP contribution in [0, 0.1) is 0 Å². The molecule has 0 atom stereocenters. The van der Waals surface area contributed by atoms with Crippen LogP contribution in [0.4, 0.5) is 11.4 Å². The van der Waals surface area contributed by atoms with Crippen molar-refractivity contribution in [2.75, 3.05) is 11.5 Å². The Labute approximate surface area is 63.6 Å². The van der Waals surface area contributed by atoms with Crippen molar-refractivity contribution in [3.8, 4) is 0 Å². The van der Waals surface area contributed by atoms with Crippen LogP contribution in [0.25, 0.3) is 11.0 Å². The highest BCUT2D eigenvalue weighted by molar-refractivity contribution is 5.90. The predicted molar refractivity (Wildman–Crippen MR) is 45.0 cm³/mol. The van der Waals surface area contributed by atoms with Gasteiger partial charge < -0.3 is 15.9 Å². The minimum absolute atomic E-state index is 0.588. The van der Waals surface area contributed by atoms with Crippen LogP contribution in [0.1, 0.15) is 0 Å². The standard InChI is InChI=1S/C8H8N2O/c9-6-3-5-1-2-11-8(5)7(10)4-6/h1-4H,9-10H2. The molecule has 2 aromatic rings. The van der Waals surface area contributed by atoms with Gasteiger partial charge in [0.05, 0.1) is 12.0 Å². The summed E-state index contributed by atoms with van der Waals surface area (Å²) in [7, 11) is 0. The first-order valence-corrected chi connectivity index (χ1v) is 3.29. The van der Waals surface area contributed by atoms with Crippen LogP contribution in [-0.2, 0) is 0 Å². The maximum atomic E-state index is 5.63. The molecule has 0 saturated heterocycles. The normalized spacial score (nSPS) is 10.5. The zero-order valence-electron chi connectivity index (χ0n) is 5.87. The lowest BCUT2D eigenvalue weighted by atomic mass is 10.2. The molecule has 56 valence electrons. The highest BCUT2D eigenvalue weighted by Gasteiger charge is 2.01. The van der Waals surface area contributed by atoms with Crippen molar-refractivity contribution in [3.63, 3.8) is 0 Å². The van der Waals surface area contributed by atoms with E-state index in [0.29, 0.717) is 17.0 Å². The van der Waals surface area contributed by atoms with Crippen LogP contribution in [0.3, 0.4) is 0 Å². The van der Waals surface area contributed by atoms with Crippen LogP contribution >= 0.6 is 0 Å². The summed E-state index contributed by atoms with van der Waals surface area (Å²) in [5.74, 6) is 0. The maximum Gasteiger partial charge on any atom is 0.156 e. The van der Waals surface area contributed by atoms with Gasteiger partial charge in [0.15, 0.2) is 5.58 Å². The van der Waals surface area contributed by atoms with E-state index in [9.17, 15) is 0 Å². The summed E-state index contributed by atoms with van der Waals surface area (Å²) in [6.45, 7) is 0. The van der Waals surface area contributed by atoms with Gasteiger partial charge in [-0.3, -0.25) is 0 Å². The third-order valence-corrected chi connectivity index (χ3v) is 1.60. The number of hydrogen-bond acceptors (Lipinski definition) is 3. The Balaban J connectivity index is 2.91. The number of hydrogen-bond donors (Lipinski definition) is 2. The van der Waals surface area contributed by atoms with Gasteiger partial charge in [0.25, 0.3) is 0 Å². The molecule has 2 rings (SSSR count). The van der Waals surface area contributed by atoms with Gasteiger partial charge in [-0.25, -0.2) is 0 Å². The van der Waals surface area contributed by atoms with E-state index in [-0.39, 0.29) is 0 Å². The molecular weight excluding hydrogens is 140 g/mol. The first kappa shape index (κ1) is 6.09. The van der Waals surface area contributed by atoms with E-state index in [4.69, 9.17) is 15.9 Å². The summed E-state index contributed by atoms with van der Waals surface area (Å²) in [6, 6.07) is 5.35. The molecular formula is C8H8N2O. The molecule has 3 nitrogen and oxygen atoms in total. The van der Waals surface area contributed by atoms with Gasteiger partial charge in [-0.1, -0.05) is 0 Å². The minimum Gasteiger partial charge on any atom is -0.462 e. The molecule has 4 N–H and O–H groups in total. The Morgan fingerprint density at radius 1 is 1.18 bits per heavy atom. The number of rotatable bonds is 0. The first-order valence-electron chi connectivity index (χ1n) is 3.29. The van der Waals surface area contributed by atoms with Gasteiger partial charge in [0.2, 0.25) is 0 Å². The lowest BCUT2D eigenvalue weighted by Crippen LogP contribution is -1.89. The second kappa shape index (κ2) is 1.92. The van der Waals surface area contributed by atoms with Gasteiger partial charge in [-0.2, -0.15) is 0 Å². The quantitative estimate of drug-likeness (QED) is 0.557. The highest BCUT2D eigenvalue weighted by Crippen LogP contribution is 2.24. The summed E-state index contributed by atoms with van der Waals surface area (Å²) in [5, 5.41) is 0.947. The number of nitrogens with two attached hydrogens (primary N) is 2. The van der Waals surface area contributed by atoms with Crippen LogP contribution in [0.5, 0.6) is 0 Å². The fraction of sp³-hybridized carbons (Fsp3) is 0. The molecule has 0 unspecified atom stereocenters. The third-order valence-electron chi connectivity index (χ3n) is 1.60. The summed E-state index contributed by atoms with van der Waals surface area (Å²) < 4.78 is 5.12. The average molecular weight is 148 g/mol. The van der Waals surface area contributed by atoms with E-state index in [1.807, 2.05) is 12.1 Å². The molecule has 0 amide bonds. The number of nitrogen functional groups attached to an aromatic ring is 2. The Hall–Kier alpha value is -1.64. The molecule has 0 spiro atoms. The third kappa shape index (κ3) is 0.816. The molecule has 1 aromatic heterocycles. The SMILES string of the molecule is Nc1cc(N)c2occc2c1. The second-order valence-corrected chi connectivity index (χ2v) is 2.45. The fourth-order valence-corrected chi connectivity index (χ4v) is 1.13. The highest BCUT2D eigenvalue weighted by atomic mass is 16.3. The molecule has 1 heterocycles. The second-order valence-electron chi connectivity index (χ2n) is 2.45. The van der Waals surface area contributed by atoms with Crippen molar-refractivity contribution >= 4 is 22.3 Å². The van der Waals surface area contributed by atoms with Crippen LogP contribution in [0.15, 0.2) is 28.9 Å². The molecule has 0 radical (unpaired) electrons. The lowest BCUT2D eigenvalue weighted by Gasteiger charge is -1.96. The molecule has 1 aromatic carbocycles. The van der Waals surface area contributed by atoms with Crippen molar-refractivity contribution in [1.29, 1.82) is 0 Å². The van der Waals surface area contributed by atoms with Gasteiger partial charge in [-0.05, 0) is 18.2 Å². The number of anilines is 2. The lowest BCUT2D eigenvalue weighted by molar-refractivity contribution is 0.617. The van der Waals surface area contributed by atoms with Gasteiger partial charge in [0.1, 0.15) is 0 Å². The topological polar surface area (TPSA) is 65.2 Å². The van der Waals surface area contributed by atoms with Crippen molar-refractivity contribution in [1.82, 2.24) is 0 Å². The Kier molecular flexibility index (Phi) is 1.06. The molecule has 0 aliphatic rings. The van der Waals surface area contributed by atoms with E-state index in [1.165, 1.54) is 0 Å². The van der Waals surface area contributed by atoms with Crippen molar-refractivity contribution in [3.05, 3.63) is 24.5 Å². The molecule has 11 heavy (non-hydrogen) atoms. The van der Waals surface area contributed by atoms with Crippen LogP contribution < -0.4 is 11.5 Å². The Bertz CT molecular complexity index is 392. The van der Waals surface area contributed by atoms with Crippen molar-refractivity contribution < 1.29 is 4.42 Å². The maximum absolute atomic E-state index is 5.63. The Morgan fingerprint density at radius 3 is 2.82 bits per heavy atom. The minimum atomic E-state index is 0.588. The molecule has 3 heteroatoms. The number of fused-ring (bicyclic) bond motifs is 1. The fourth-order valence-electron chi connectivity index (χ4n) is 1.13.